The Labute approximate surface area is 67.4 Å². The third-order valence-corrected chi connectivity index (χ3v) is 2.50. The minimum Gasteiger partial charge on any atom is -0.346 e. The lowest BCUT2D eigenvalue weighted by molar-refractivity contribution is -0.642. The molecule has 0 amide bonds. The van der Waals surface area contributed by atoms with Gasteiger partial charge in [0.05, 0.1) is 13.1 Å². The molecule has 0 radical (unpaired) electrons. The average Bonchev–Trinajstić information content (AvgIpc) is 2.85. The van der Waals surface area contributed by atoms with Crippen molar-refractivity contribution in [3.8, 4) is 0 Å². The fraction of sp³-hybridized carbons (Fsp3) is 0.400. The van der Waals surface area contributed by atoms with Crippen LogP contribution in [0.25, 0.3) is 0 Å². The lowest BCUT2D eigenvalue weighted by atomic mass is 10.1. The number of hydrogen-bond acceptors (Lipinski definition) is 0. The maximum Gasteiger partial charge on any atom is 0.0937 e. The molecule has 1 fully saturated rings. The van der Waals surface area contributed by atoms with E-state index in [1.165, 1.54) is 12.0 Å². The molecular formula is C10H14N+. The third-order valence-electron chi connectivity index (χ3n) is 2.50. The van der Waals surface area contributed by atoms with Crippen molar-refractivity contribution in [1.29, 1.82) is 0 Å². The first-order valence-corrected chi connectivity index (χ1v) is 4.26. The van der Waals surface area contributed by atoms with Crippen molar-refractivity contribution < 1.29 is 5.32 Å². The van der Waals surface area contributed by atoms with Gasteiger partial charge in [-0.05, 0) is 5.56 Å². The first kappa shape index (κ1) is 6.86. The quantitative estimate of drug-likeness (QED) is 0.637. The van der Waals surface area contributed by atoms with Crippen molar-refractivity contribution in [2.75, 3.05) is 7.05 Å². The van der Waals surface area contributed by atoms with Gasteiger partial charge >= 0.3 is 0 Å². The maximum atomic E-state index is 2.32. The average molecular weight is 148 g/mol. The van der Waals surface area contributed by atoms with Gasteiger partial charge in [0.1, 0.15) is 0 Å². The van der Waals surface area contributed by atoms with Gasteiger partial charge < -0.3 is 5.32 Å². The Morgan fingerprint density at radius 1 is 1.27 bits per heavy atom. The maximum absolute atomic E-state index is 2.32. The second-order valence-corrected chi connectivity index (χ2v) is 3.25. The van der Waals surface area contributed by atoms with Crippen molar-refractivity contribution in [1.82, 2.24) is 0 Å². The number of rotatable bonds is 2. The Morgan fingerprint density at radius 2 is 2.00 bits per heavy atom. The van der Waals surface area contributed by atoms with Gasteiger partial charge in [0.25, 0.3) is 0 Å². The lowest BCUT2D eigenvalue weighted by Crippen LogP contribution is -2.81. The lowest BCUT2D eigenvalue weighted by Gasteiger charge is -1.95. The molecule has 1 aromatic rings. The fourth-order valence-corrected chi connectivity index (χ4v) is 1.67. The van der Waals surface area contributed by atoms with Crippen molar-refractivity contribution in [3.63, 3.8) is 0 Å². The number of hydrogen-bond donors (Lipinski definition) is 1. The van der Waals surface area contributed by atoms with E-state index >= 15 is 0 Å². The Kier molecular flexibility index (Phi) is 1.66. The van der Waals surface area contributed by atoms with Crippen LogP contribution in [0.2, 0.25) is 0 Å². The molecule has 1 saturated carbocycles. The largest absolute Gasteiger partial charge is 0.346 e. The van der Waals surface area contributed by atoms with E-state index in [9.17, 15) is 0 Å². The highest BCUT2D eigenvalue weighted by atomic mass is 14.9. The van der Waals surface area contributed by atoms with Gasteiger partial charge in [-0.25, -0.2) is 0 Å². The molecule has 2 unspecified atom stereocenters. The summed E-state index contributed by atoms with van der Waals surface area (Å²) in [6, 6.07) is 11.6. The van der Waals surface area contributed by atoms with Gasteiger partial charge in [0.2, 0.25) is 0 Å². The summed E-state index contributed by atoms with van der Waals surface area (Å²) >= 11 is 0. The Morgan fingerprint density at radius 3 is 2.55 bits per heavy atom. The van der Waals surface area contributed by atoms with Crippen LogP contribution in [0, 0.1) is 0 Å². The summed E-state index contributed by atoms with van der Waals surface area (Å²) in [5.41, 5.74) is 1.51. The number of likely N-dealkylation sites (N-methyl/N-ethyl adjacent to an activating group) is 1. The molecule has 0 heterocycles. The van der Waals surface area contributed by atoms with Crippen molar-refractivity contribution in [2.24, 2.45) is 0 Å². The highest BCUT2D eigenvalue weighted by Gasteiger charge is 2.40. The van der Waals surface area contributed by atoms with Crippen LogP contribution in [0.15, 0.2) is 30.3 Å². The summed E-state index contributed by atoms with van der Waals surface area (Å²) in [6.45, 7) is 0. The van der Waals surface area contributed by atoms with Crippen LogP contribution in [-0.2, 0) is 0 Å². The van der Waals surface area contributed by atoms with Crippen molar-refractivity contribution in [2.45, 2.75) is 18.4 Å². The minimum absolute atomic E-state index is 0.834. The molecule has 1 aliphatic carbocycles. The van der Waals surface area contributed by atoms with E-state index in [1.54, 1.807) is 0 Å². The van der Waals surface area contributed by atoms with Crippen LogP contribution >= 0.6 is 0 Å². The van der Waals surface area contributed by atoms with Crippen LogP contribution < -0.4 is 5.32 Å². The fourth-order valence-electron chi connectivity index (χ4n) is 1.67. The first-order valence-electron chi connectivity index (χ1n) is 4.26. The zero-order chi connectivity index (χ0) is 7.68. The number of benzene rings is 1. The zero-order valence-corrected chi connectivity index (χ0v) is 6.83. The van der Waals surface area contributed by atoms with Gasteiger partial charge in [-0.2, -0.15) is 0 Å². The summed E-state index contributed by atoms with van der Waals surface area (Å²) in [7, 11) is 2.16. The molecule has 0 bridgehead atoms. The summed E-state index contributed by atoms with van der Waals surface area (Å²) in [4.78, 5) is 0. The highest BCUT2D eigenvalue weighted by molar-refractivity contribution is 5.25. The molecular weight excluding hydrogens is 134 g/mol. The van der Waals surface area contributed by atoms with E-state index < -0.39 is 0 Å². The summed E-state index contributed by atoms with van der Waals surface area (Å²) in [5, 5.41) is 2.32. The minimum atomic E-state index is 0.834. The van der Waals surface area contributed by atoms with Gasteiger partial charge in [-0.1, -0.05) is 30.3 Å². The number of quaternary nitrogens is 1. The normalized spacial score (nSPS) is 28.5. The van der Waals surface area contributed by atoms with E-state index in [0.717, 1.165) is 12.0 Å². The van der Waals surface area contributed by atoms with E-state index in [0.29, 0.717) is 0 Å². The molecule has 0 spiro atoms. The molecule has 1 heteroatoms. The van der Waals surface area contributed by atoms with Gasteiger partial charge in [-0.3, -0.25) is 0 Å². The smallest absolute Gasteiger partial charge is 0.0937 e. The van der Waals surface area contributed by atoms with Gasteiger partial charge in [0, 0.05) is 12.3 Å². The molecule has 11 heavy (non-hydrogen) atoms. The Bertz CT molecular complexity index is 230. The van der Waals surface area contributed by atoms with Crippen molar-refractivity contribution in [3.05, 3.63) is 35.9 Å². The molecule has 1 nitrogen and oxygen atoms in total. The molecule has 0 aromatic heterocycles. The van der Waals surface area contributed by atoms with Crippen LogP contribution in [-0.4, -0.2) is 13.1 Å². The monoisotopic (exact) mass is 148 g/mol. The first-order chi connectivity index (χ1) is 5.42. The Balaban J connectivity index is 2.09. The molecule has 2 N–H and O–H groups in total. The second-order valence-electron chi connectivity index (χ2n) is 3.25. The molecule has 1 aliphatic rings. The predicted molar refractivity (Wildman–Crippen MR) is 45.4 cm³/mol. The summed E-state index contributed by atoms with van der Waals surface area (Å²) < 4.78 is 0. The standard InChI is InChI=1S/C10H13N/c1-11-10-7-9(10)8-5-3-2-4-6-8/h2-6,9-11H,7H2,1H3/p+1. The van der Waals surface area contributed by atoms with Crippen molar-refractivity contribution >= 4 is 0 Å². The summed E-state index contributed by atoms with van der Waals surface area (Å²) in [5.74, 6) is 0.834. The zero-order valence-electron chi connectivity index (χ0n) is 6.83. The molecule has 58 valence electrons. The van der Waals surface area contributed by atoms with E-state index in [4.69, 9.17) is 0 Å². The van der Waals surface area contributed by atoms with Crippen LogP contribution in [0.4, 0.5) is 0 Å². The van der Waals surface area contributed by atoms with Crippen LogP contribution in [0.1, 0.15) is 17.9 Å². The molecule has 2 atom stereocenters. The van der Waals surface area contributed by atoms with Gasteiger partial charge in [-0.15, -0.1) is 0 Å². The van der Waals surface area contributed by atoms with E-state index in [1.807, 2.05) is 0 Å². The topological polar surface area (TPSA) is 16.6 Å². The molecule has 0 saturated heterocycles. The summed E-state index contributed by atoms with van der Waals surface area (Å²) in [6.07, 6.45) is 1.36. The van der Waals surface area contributed by atoms with Crippen LogP contribution in [0.5, 0.6) is 0 Å². The molecule has 2 rings (SSSR count). The third kappa shape index (κ3) is 1.29. The van der Waals surface area contributed by atoms with Crippen LogP contribution in [0.3, 0.4) is 0 Å². The number of nitrogens with two attached hydrogens (primary N) is 1. The second kappa shape index (κ2) is 2.67. The molecule has 1 aromatic carbocycles. The highest BCUT2D eigenvalue weighted by Crippen LogP contribution is 2.37. The Hall–Kier alpha value is -0.820. The van der Waals surface area contributed by atoms with Gasteiger partial charge in [0.15, 0.2) is 0 Å². The van der Waals surface area contributed by atoms with E-state index in [2.05, 4.69) is 42.7 Å². The molecule has 0 aliphatic heterocycles. The predicted octanol–water partition coefficient (Wildman–Crippen LogP) is 0.736. The SMILES string of the molecule is C[NH2+]C1CC1c1ccccc1. The van der Waals surface area contributed by atoms with E-state index in [-0.39, 0.29) is 0 Å².